The third-order valence-electron chi connectivity index (χ3n) is 10.4. The van der Waals surface area contributed by atoms with Crippen LogP contribution in [0, 0.1) is 42.7 Å². The van der Waals surface area contributed by atoms with Gasteiger partial charge in [0.05, 0.1) is 5.57 Å². The number of hydrogen-bond donors (Lipinski definition) is 0. The van der Waals surface area contributed by atoms with Crippen LogP contribution >= 0.6 is 32.2 Å². The monoisotopic (exact) mass is 950 g/mol. The Labute approximate surface area is 359 Å². The van der Waals surface area contributed by atoms with Gasteiger partial charge in [0.1, 0.15) is 40.6 Å². The third kappa shape index (κ3) is 8.57. The van der Waals surface area contributed by atoms with Crippen molar-refractivity contribution in [1.82, 2.24) is 0 Å². The Kier molecular flexibility index (Phi) is 9.74. The molecule has 0 atom stereocenters. The van der Waals surface area contributed by atoms with E-state index in [0.29, 0.717) is 17.7 Å². The Balaban J connectivity index is 1.80. The van der Waals surface area contributed by atoms with Crippen molar-refractivity contribution >= 4 is 43.4 Å². The second kappa shape index (κ2) is 13.7. The molecule has 0 saturated heterocycles. The van der Waals surface area contributed by atoms with Crippen LogP contribution < -0.4 is 10.4 Å². The van der Waals surface area contributed by atoms with Gasteiger partial charge >= 0.3 is 31.8 Å². The summed E-state index contributed by atoms with van der Waals surface area (Å²) in [5.74, 6) is -0.518. The molecule has 0 spiro atoms. The zero-order valence-electron chi connectivity index (χ0n) is 32.1. The molecule has 0 unspecified atom stereocenters. The van der Waals surface area contributed by atoms with E-state index in [4.69, 9.17) is 13.1 Å². The smallest absolute Gasteiger partial charge is 0.192 e. The van der Waals surface area contributed by atoms with Crippen LogP contribution in [-0.2, 0) is 12.8 Å². The molecular formula is C44H23F13N4S3. The molecule has 0 fully saturated rings. The first kappa shape index (κ1) is 45.4. The Bertz CT molecular complexity index is 3210. The van der Waals surface area contributed by atoms with Crippen molar-refractivity contribution in [3.63, 3.8) is 0 Å². The van der Waals surface area contributed by atoms with Crippen molar-refractivity contribution in [3.05, 3.63) is 181 Å². The second-order valence-corrected chi connectivity index (χ2v) is 20.5. The van der Waals surface area contributed by atoms with Gasteiger partial charge in [-0.25, -0.2) is 0 Å². The fourth-order valence-corrected chi connectivity index (χ4v) is 9.73. The van der Waals surface area contributed by atoms with Crippen molar-refractivity contribution in [3.8, 4) is 34.4 Å². The Morgan fingerprint density at radius 2 is 0.922 bits per heavy atom. The molecule has 0 radical (unpaired) electrons. The molecule has 4 nitrogen and oxygen atoms in total. The molecular weight excluding hydrogens is 928 g/mol. The van der Waals surface area contributed by atoms with Crippen LogP contribution in [0.1, 0.15) is 27.8 Å². The summed E-state index contributed by atoms with van der Waals surface area (Å²) in [6.07, 6.45) is -0.903. The first-order valence-corrected chi connectivity index (χ1v) is 22.7. The van der Waals surface area contributed by atoms with E-state index in [0.717, 1.165) is 29.8 Å². The van der Waals surface area contributed by atoms with Gasteiger partial charge in [-0.05, 0) is 133 Å². The zero-order chi connectivity index (χ0) is 47.1. The largest absolute Gasteiger partial charge is 0.523 e. The summed E-state index contributed by atoms with van der Waals surface area (Å²) in [5, 5.41) is 20.4. The lowest BCUT2D eigenvalue weighted by Gasteiger charge is -2.40. The summed E-state index contributed by atoms with van der Waals surface area (Å²) in [5.41, 5.74) is -4.74. The Hall–Kier alpha value is -6.58. The van der Waals surface area contributed by atoms with E-state index in [-0.39, 0.29) is 101 Å². The lowest BCUT2D eigenvalue weighted by Crippen LogP contribution is -2.25. The van der Waals surface area contributed by atoms with Crippen LogP contribution in [0.5, 0.6) is 0 Å². The molecule has 2 aliphatic rings. The number of benzene rings is 5. The van der Waals surface area contributed by atoms with Gasteiger partial charge < -0.3 is 0 Å². The molecule has 5 aromatic carbocycles. The maximum atomic E-state index is 14.1. The van der Waals surface area contributed by atoms with Gasteiger partial charge in [0.25, 0.3) is 0 Å². The predicted octanol–water partition coefficient (Wildman–Crippen LogP) is 15.2. The molecule has 5 aromatic rings. The molecule has 7 rings (SSSR count). The summed E-state index contributed by atoms with van der Waals surface area (Å²) < 4.78 is 181. The molecule has 0 aromatic heterocycles. The SMILES string of the molecule is [C-]#[N+]C([N+]#[C-])=C1Cc2c(-c3ccc(S(F)(F)(F)(F)F)cc3)c3c(c(-c4ccc(S(F)(F)(F)(F)F)cc4)c2=C1c1ccc(C)cc1)CC(=C(C#N)C#N)C=3c1ccc(SC(F)(F)F)cc1. The Morgan fingerprint density at radius 3 is 1.28 bits per heavy atom. The number of alkyl halides is 3. The van der Waals surface area contributed by atoms with Gasteiger partial charge in [0.15, 0.2) is 0 Å². The number of allylic oxidation sites excluding steroid dienone is 3. The summed E-state index contributed by atoms with van der Waals surface area (Å²) in [6.45, 7) is 17.5. The maximum Gasteiger partial charge on any atom is 0.523 e. The van der Waals surface area contributed by atoms with Crippen molar-refractivity contribution in [2.75, 3.05) is 0 Å². The molecule has 0 heterocycles. The minimum absolute atomic E-state index is 0.0165. The van der Waals surface area contributed by atoms with Crippen LogP contribution in [0.2, 0.25) is 0 Å². The average Bonchev–Trinajstić information content (AvgIpc) is 3.76. The quantitative estimate of drug-likeness (QED) is 0.0707. The number of hydrogen-bond acceptors (Lipinski definition) is 3. The highest BCUT2D eigenvalue weighted by Crippen LogP contribution is 3.02. The number of halogens is 13. The van der Waals surface area contributed by atoms with E-state index in [9.17, 15) is 62.6 Å². The second-order valence-electron chi connectivity index (χ2n) is 14.6. The number of nitrogens with zero attached hydrogens (tertiary/aromatic N) is 4. The van der Waals surface area contributed by atoms with Gasteiger partial charge in [-0.1, -0.05) is 105 Å². The summed E-state index contributed by atoms with van der Waals surface area (Å²) in [4.78, 5) is 1.90. The third-order valence-corrected chi connectivity index (χ3v) is 13.5. The van der Waals surface area contributed by atoms with E-state index < -0.39 is 71.7 Å². The molecule has 2 aliphatic carbocycles. The fraction of sp³-hybridized carbons (Fsp3) is 0.0909. The molecule has 0 aliphatic heterocycles. The summed E-state index contributed by atoms with van der Waals surface area (Å²) in [7, 11) is -20.6. The topological polar surface area (TPSA) is 56.3 Å². The highest BCUT2D eigenvalue weighted by Gasteiger charge is 2.66. The average molecular weight is 951 g/mol. The van der Waals surface area contributed by atoms with Gasteiger partial charge in [-0.3, -0.25) is 0 Å². The highest BCUT2D eigenvalue weighted by molar-refractivity contribution is 8.46. The minimum Gasteiger partial charge on any atom is -0.192 e. The number of rotatable bonds is 7. The van der Waals surface area contributed by atoms with Crippen LogP contribution in [0.4, 0.5) is 52.0 Å². The number of nitriles is 2. The lowest BCUT2D eigenvalue weighted by molar-refractivity contribution is -0.0328. The zero-order valence-corrected chi connectivity index (χ0v) is 34.5. The normalized spacial score (nSPS) is 15.9. The number of aryl methyl sites for hydroxylation is 1. The first-order chi connectivity index (χ1) is 29.4. The predicted molar refractivity (Wildman–Crippen MR) is 220 cm³/mol. The van der Waals surface area contributed by atoms with Crippen molar-refractivity contribution in [2.24, 2.45) is 0 Å². The standard InChI is InChI=1S/C44H23F13N4S3/c1-24-4-6-25(7-5-24)40-36(43(60-2)61-3)21-35-39(28-12-18-32(19-13-28)64(53,54,55,56)57)41-34(38(42(35)40)27-10-16-31(17-11-27)63(48,49,50,51)52)20-33(29(22-58)23-59)37(41)26-8-14-30(15-9-26)62-44(45,46)47/h4-19H,20-21H2,1H3. The van der Waals surface area contributed by atoms with E-state index in [1.54, 1.807) is 43.3 Å². The minimum atomic E-state index is -10.3. The van der Waals surface area contributed by atoms with Crippen molar-refractivity contribution in [1.29, 1.82) is 10.5 Å². The molecule has 64 heavy (non-hydrogen) atoms. The molecule has 0 bridgehead atoms. The molecule has 0 amide bonds. The van der Waals surface area contributed by atoms with Gasteiger partial charge in [-0.2, -0.15) is 33.4 Å². The van der Waals surface area contributed by atoms with E-state index >= 15 is 0 Å². The van der Waals surface area contributed by atoms with E-state index in [2.05, 4.69) is 9.69 Å². The van der Waals surface area contributed by atoms with Crippen LogP contribution in [-0.4, -0.2) is 5.51 Å². The maximum absolute atomic E-state index is 14.1. The molecule has 20 heteroatoms. The van der Waals surface area contributed by atoms with E-state index in [1.165, 1.54) is 12.1 Å². The summed E-state index contributed by atoms with van der Waals surface area (Å²) in [6, 6.07) is 17.8. The fourth-order valence-electron chi connectivity index (χ4n) is 7.89. The van der Waals surface area contributed by atoms with Crippen molar-refractivity contribution < 1.29 is 52.0 Å². The molecule has 0 saturated carbocycles. The van der Waals surface area contributed by atoms with Crippen molar-refractivity contribution in [2.45, 2.75) is 40.0 Å². The van der Waals surface area contributed by atoms with Crippen LogP contribution in [0.25, 0.3) is 43.1 Å². The molecule has 328 valence electrons. The first-order valence-electron chi connectivity index (χ1n) is 18.0. The van der Waals surface area contributed by atoms with Gasteiger partial charge in [-0.15, -0.1) is 0 Å². The molecule has 0 N–H and O–H groups in total. The van der Waals surface area contributed by atoms with Gasteiger partial charge in [0, 0.05) is 11.3 Å². The van der Waals surface area contributed by atoms with E-state index in [1.807, 2.05) is 0 Å². The number of fused-ring (bicyclic) bond motifs is 2. The lowest BCUT2D eigenvalue weighted by atomic mass is 9.86. The highest BCUT2D eigenvalue weighted by atomic mass is 32.5. The summed E-state index contributed by atoms with van der Waals surface area (Å²) >= 11 is -0.483. The van der Waals surface area contributed by atoms with Gasteiger partial charge in [0.2, 0.25) is 0 Å². The number of thioether (sulfide) groups is 1. The Morgan fingerprint density at radius 1 is 0.562 bits per heavy atom. The van der Waals surface area contributed by atoms with Crippen LogP contribution in [0.3, 0.4) is 0 Å². The van der Waals surface area contributed by atoms with Crippen LogP contribution in [0.15, 0.2) is 134 Å².